The molecule has 1 aromatic carbocycles. The summed E-state index contributed by atoms with van der Waals surface area (Å²) in [6.07, 6.45) is 13.7. The van der Waals surface area contributed by atoms with Crippen molar-refractivity contribution >= 4 is 0 Å². The Morgan fingerprint density at radius 1 is 0.842 bits per heavy atom. The van der Waals surface area contributed by atoms with Gasteiger partial charge < -0.3 is 4.74 Å². The number of methoxy groups -OCH3 is 1. The molecule has 0 saturated heterocycles. The topological polar surface area (TPSA) is 9.23 Å². The van der Waals surface area contributed by atoms with Gasteiger partial charge in [0.25, 0.3) is 0 Å². The normalized spacial score (nSPS) is 10.6. The van der Waals surface area contributed by atoms with Gasteiger partial charge in [-0.25, -0.2) is 0 Å². The Labute approximate surface area is 119 Å². The van der Waals surface area contributed by atoms with Gasteiger partial charge in [0.2, 0.25) is 0 Å². The molecule has 108 valence electrons. The number of unbranched alkanes of at least 4 members (excludes halogenated alkanes) is 8. The van der Waals surface area contributed by atoms with Crippen molar-refractivity contribution in [2.24, 2.45) is 0 Å². The van der Waals surface area contributed by atoms with Crippen molar-refractivity contribution in [3.05, 3.63) is 29.8 Å². The smallest absolute Gasteiger partial charge is 0.119 e. The molecule has 0 saturated carbocycles. The zero-order chi connectivity index (χ0) is 13.8. The molecule has 0 N–H and O–H groups in total. The zero-order valence-electron chi connectivity index (χ0n) is 12.8. The summed E-state index contributed by atoms with van der Waals surface area (Å²) in [5.74, 6) is 0.980. The van der Waals surface area contributed by atoms with Crippen LogP contribution in [0.5, 0.6) is 5.75 Å². The monoisotopic (exact) mass is 262 g/mol. The molecule has 0 bridgehead atoms. The number of hydrogen-bond acceptors (Lipinski definition) is 1. The summed E-state index contributed by atoms with van der Waals surface area (Å²) in [6.45, 7) is 2.28. The summed E-state index contributed by atoms with van der Waals surface area (Å²) in [6, 6.07) is 8.46. The third-order valence-electron chi connectivity index (χ3n) is 3.70. The number of benzene rings is 1. The van der Waals surface area contributed by atoms with E-state index in [9.17, 15) is 0 Å². The van der Waals surface area contributed by atoms with Crippen molar-refractivity contribution in [3.8, 4) is 5.75 Å². The average molecular weight is 262 g/mol. The number of aryl methyl sites for hydroxylation is 1. The van der Waals surface area contributed by atoms with Crippen molar-refractivity contribution in [1.29, 1.82) is 0 Å². The molecule has 0 aliphatic rings. The van der Waals surface area contributed by atoms with E-state index in [-0.39, 0.29) is 0 Å². The van der Waals surface area contributed by atoms with Gasteiger partial charge in [-0.1, -0.05) is 70.4 Å². The quantitative estimate of drug-likeness (QED) is 0.460. The number of ether oxygens (including phenoxy) is 1. The second-order valence-corrected chi connectivity index (χ2v) is 5.43. The minimum atomic E-state index is 0.980. The molecule has 0 unspecified atom stereocenters. The first kappa shape index (κ1) is 16.1. The maximum absolute atomic E-state index is 5.25. The Kier molecular flexibility index (Phi) is 9.22. The molecule has 0 amide bonds. The molecule has 0 spiro atoms. The van der Waals surface area contributed by atoms with Crippen molar-refractivity contribution in [3.63, 3.8) is 0 Å². The molecule has 1 aromatic rings. The largest absolute Gasteiger partial charge is 0.497 e. The summed E-state index contributed by atoms with van der Waals surface area (Å²) in [4.78, 5) is 0. The van der Waals surface area contributed by atoms with Crippen molar-refractivity contribution in [2.45, 2.75) is 71.1 Å². The van der Waals surface area contributed by atoms with Crippen LogP contribution >= 0.6 is 0 Å². The average Bonchev–Trinajstić information content (AvgIpc) is 2.46. The van der Waals surface area contributed by atoms with Crippen LogP contribution in [0.2, 0.25) is 0 Å². The molecule has 0 aliphatic carbocycles. The minimum absolute atomic E-state index is 0.980. The second kappa shape index (κ2) is 10.9. The van der Waals surface area contributed by atoms with E-state index < -0.39 is 0 Å². The highest BCUT2D eigenvalue weighted by molar-refractivity contribution is 5.28. The predicted octanol–water partition coefficient (Wildman–Crippen LogP) is 5.77. The first-order valence-corrected chi connectivity index (χ1v) is 7.99. The summed E-state index contributed by atoms with van der Waals surface area (Å²) in [5, 5.41) is 0. The van der Waals surface area contributed by atoms with E-state index in [1.165, 1.54) is 69.8 Å². The standard InChI is InChI=1S/C18H30O/c1-3-4-5-6-7-8-9-10-11-13-17-14-12-15-18(16-17)19-2/h12,14-16H,3-11,13H2,1-2H3. The summed E-state index contributed by atoms with van der Waals surface area (Å²) >= 11 is 0. The Morgan fingerprint density at radius 2 is 1.47 bits per heavy atom. The molecule has 1 nitrogen and oxygen atoms in total. The van der Waals surface area contributed by atoms with Crippen LogP contribution in [0, 0.1) is 0 Å². The molecule has 0 radical (unpaired) electrons. The van der Waals surface area contributed by atoms with Gasteiger partial charge in [-0.15, -0.1) is 0 Å². The third kappa shape index (κ3) is 7.92. The summed E-state index contributed by atoms with van der Waals surface area (Å²) in [5.41, 5.74) is 1.40. The van der Waals surface area contributed by atoms with Crippen LogP contribution in [0.3, 0.4) is 0 Å². The predicted molar refractivity (Wildman–Crippen MR) is 83.9 cm³/mol. The van der Waals surface area contributed by atoms with Crippen LogP contribution in [0.15, 0.2) is 24.3 Å². The van der Waals surface area contributed by atoms with Gasteiger partial charge in [0.15, 0.2) is 0 Å². The fourth-order valence-electron chi connectivity index (χ4n) is 2.47. The van der Waals surface area contributed by atoms with Crippen molar-refractivity contribution in [2.75, 3.05) is 7.11 Å². The molecule has 0 heterocycles. The van der Waals surface area contributed by atoms with Crippen molar-refractivity contribution < 1.29 is 4.74 Å². The lowest BCUT2D eigenvalue weighted by atomic mass is 10.0. The first-order chi connectivity index (χ1) is 9.36. The van der Waals surface area contributed by atoms with E-state index in [4.69, 9.17) is 4.74 Å². The van der Waals surface area contributed by atoms with Crippen LogP contribution < -0.4 is 4.74 Å². The fraction of sp³-hybridized carbons (Fsp3) is 0.667. The zero-order valence-corrected chi connectivity index (χ0v) is 12.8. The van der Waals surface area contributed by atoms with Crippen LogP contribution in [-0.4, -0.2) is 7.11 Å². The van der Waals surface area contributed by atoms with Gasteiger partial charge in [0, 0.05) is 0 Å². The van der Waals surface area contributed by atoms with E-state index >= 15 is 0 Å². The van der Waals surface area contributed by atoms with Gasteiger partial charge in [-0.05, 0) is 30.5 Å². The lowest BCUT2D eigenvalue weighted by molar-refractivity contribution is 0.414. The molecular weight excluding hydrogens is 232 g/mol. The third-order valence-corrected chi connectivity index (χ3v) is 3.70. The van der Waals surface area contributed by atoms with E-state index in [1.807, 2.05) is 6.07 Å². The molecule has 19 heavy (non-hydrogen) atoms. The van der Waals surface area contributed by atoms with Gasteiger partial charge in [0.1, 0.15) is 5.75 Å². The molecule has 1 rings (SSSR count). The van der Waals surface area contributed by atoms with Gasteiger partial charge in [-0.3, -0.25) is 0 Å². The van der Waals surface area contributed by atoms with E-state index in [2.05, 4.69) is 25.1 Å². The van der Waals surface area contributed by atoms with Crippen LogP contribution in [0.1, 0.15) is 70.3 Å². The Morgan fingerprint density at radius 3 is 2.11 bits per heavy atom. The fourth-order valence-corrected chi connectivity index (χ4v) is 2.47. The Balaban J connectivity index is 1.98. The molecular formula is C18H30O. The SMILES string of the molecule is CCCCCCCCCCCc1cccc(OC)c1. The van der Waals surface area contributed by atoms with Crippen LogP contribution in [-0.2, 0) is 6.42 Å². The van der Waals surface area contributed by atoms with E-state index in [0.29, 0.717) is 0 Å². The Bertz CT molecular complexity index is 319. The highest BCUT2D eigenvalue weighted by Gasteiger charge is 1.96. The highest BCUT2D eigenvalue weighted by Crippen LogP contribution is 2.16. The first-order valence-electron chi connectivity index (χ1n) is 7.99. The number of hydrogen-bond donors (Lipinski definition) is 0. The molecule has 0 aliphatic heterocycles. The molecule has 0 fully saturated rings. The Hall–Kier alpha value is -0.980. The van der Waals surface area contributed by atoms with E-state index in [0.717, 1.165) is 5.75 Å². The lowest BCUT2D eigenvalue weighted by Gasteiger charge is -2.05. The molecule has 1 heteroatoms. The van der Waals surface area contributed by atoms with Crippen molar-refractivity contribution in [1.82, 2.24) is 0 Å². The summed E-state index contributed by atoms with van der Waals surface area (Å²) in [7, 11) is 1.73. The van der Waals surface area contributed by atoms with E-state index in [1.54, 1.807) is 7.11 Å². The maximum Gasteiger partial charge on any atom is 0.119 e. The highest BCUT2D eigenvalue weighted by atomic mass is 16.5. The maximum atomic E-state index is 5.25. The second-order valence-electron chi connectivity index (χ2n) is 5.43. The van der Waals surface area contributed by atoms with Gasteiger partial charge in [-0.2, -0.15) is 0 Å². The van der Waals surface area contributed by atoms with Crippen LogP contribution in [0.25, 0.3) is 0 Å². The minimum Gasteiger partial charge on any atom is -0.497 e. The van der Waals surface area contributed by atoms with Gasteiger partial charge >= 0.3 is 0 Å². The van der Waals surface area contributed by atoms with Crippen LogP contribution in [0.4, 0.5) is 0 Å². The number of rotatable bonds is 11. The molecule has 0 atom stereocenters. The molecule has 0 aromatic heterocycles. The lowest BCUT2D eigenvalue weighted by Crippen LogP contribution is -1.88. The van der Waals surface area contributed by atoms with Gasteiger partial charge in [0.05, 0.1) is 7.11 Å². The summed E-state index contributed by atoms with van der Waals surface area (Å²) < 4.78 is 5.25.